The highest BCUT2D eigenvalue weighted by Gasteiger charge is 2.20. The third-order valence-electron chi connectivity index (χ3n) is 3.38. The van der Waals surface area contributed by atoms with Crippen LogP contribution in [-0.4, -0.2) is 34.6 Å². The van der Waals surface area contributed by atoms with Crippen molar-refractivity contribution in [1.82, 2.24) is 25.5 Å². The zero-order valence-corrected chi connectivity index (χ0v) is 14.3. The van der Waals surface area contributed by atoms with Gasteiger partial charge < -0.3 is 20.5 Å². The SMILES string of the molecule is CC(=O)NCCNC(=O)NC(c1ccc(Cl)cc1)c1nccn1C. The molecule has 1 atom stereocenters. The van der Waals surface area contributed by atoms with Crippen LogP contribution in [0.3, 0.4) is 0 Å². The fourth-order valence-corrected chi connectivity index (χ4v) is 2.33. The van der Waals surface area contributed by atoms with Gasteiger partial charge in [0, 0.05) is 44.5 Å². The first-order valence-electron chi connectivity index (χ1n) is 7.49. The molecule has 2 rings (SSSR count). The van der Waals surface area contributed by atoms with E-state index in [1.54, 1.807) is 18.3 Å². The minimum atomic E-state index is -0.414. The second-order valence-electron chi connectivity index (χ2n) is 5.26. The summed E-state index contributed by atoms with van der Waals surface area (Å²) in [5.74, 6) is 0.568. The molecule has 7 nitrogen and oxygen atoms in total. The van der Waals surface area contributed by atoms with Gasteiger partial charge in [0.2, 0.25) is 5.91 Å². The average molecular weight is 350 g/mol. The van der Waals surface area contributed by atoms with Gasteiger partial charge in [0.1, 0.15) is 11.9 Å². The Morgan fingerprint density at radius 3 is 2.46 bits per heavy atom. The van der Waals surface area contributed by atoms with E-state index < -0.39 is 6.04 Å². The summed E-state index contributed by atoms with van der Waals surface area (Å²) >= 11 is 5.93. The maximum Gasteiger partial charge on any atom is 0.315 e. The van der Waals surface area contributed by atoms with Crippen LogP contribution in [0.4, 0.5) is 4.79 Å². The summed E-state index contributed by atoms with van der Waals surface area (Å²) in [6.45, 7) is 2.13. The lowest BCUT2D eigenvalue weighted by atomic mass is 10.1. The van der Waals surface area contributed by atoms with Gasteiger partial charge in [-0.1, -0.05) is 23.7 Å². The number of nitrogens with one attached hydrogen (secondary N) is 3. The third-order valence-corrected chi connectivity index (χ3v) is 3.63. The van der Waals surface area contributed by atoms with Gasteiger partial charge >= 0.3 is 6.03 Å². The molecule has 1 unspecified atom stereocenters. The maximum absolute atomic E-state index is 12.1. The van der Waals surface area contributed by atoms with Crippen molar-refractivity contribution in [2.24, 2.45) is 7.05 Å². The molecule has 3 amide bonds. The van der Waals surface area contributed by atoms with Crippen molar-refractivity contribution in [3.8, 4) is 0 Å². The van der Waals surface area contributed by atoms with Gasteiger partial charge in [-0.05, 0) is 17.7 Å². The van der Waals surface area contributed by atoms with Crippen LogP contribution in [0.5, 0.6) is 0 Å². The van der Waals surface area contributed by atoms with Gasteiger partial charge in [-0.3, -0.25) is 4.79 Å². The van der Waals surface area contributed by atoms with E-state index in [9.17, 15) is 9.59 Å². The van der Waals surface area contributed by atoms with Crippen LogP contribution in [0.25, 0.3) is 0 Å². The Labute approximate surface area is 145 Å². The maximum atomic E-state index is 12.1. The van der Waals surface area contributed by atoms with Crippen LogP contribution in [0.1, 0.15) is 24.4 Å². The van der Waals surface area contributed by atoms with E-state index in [1.807, 2.05) is 29.9 Å². The van der Waals surface area contributed by atoms with Crippen LogP contribution >= 0.6 is 11.6 Å². The standard InChI is InChI=1S/C16H20ClN5O2/c1-11(23)18-7-8-20-16(24)21-14(15-19-9-10-22(15)2)12-3-5-13(17)6-4-12/h3-6,9-10,14H,7-8H2,1-2H3,(H,18,23)(H2,20,21,24). The summed E-state index contributed by atoms with van der Waals surface area (Å²) in [5, 5.41) is 8.84. The van der Waals surface area contributed by atoms with Crippen molar-refractivity contribution >= 4 is 23.5 Å². The van der Waals surface area contributed by atoms with Crippen LogP contribution in [0.15, 0.2) is 36.7 Å². The lowest BCUT2D eigenvalue weighted by Crippen LogP contribution is -2.42. The second-order valence-corrected chi connectivity index (χ2v) is 5.70. The molecule has 8 heteroatoms. The number of rotatable bonds is 6. The number of halogens is 1. The Morgan fingerprint density at radius 1 is 1.21 bits per heavy atom. The van der Waals surface area contributed by atoms with Crippen molar-refractivity contribution in [3.63, 3.8) is 0 Å². The number of amides is 3. The highest BCUT2D eigenvalue weighted by molar-refractivity contribution is 6.30. The van der Waals surface area contributed by atoms with Gasteiger partial charge in [0.25, 0.3) is 0 Å². The predicted octanol–water partition coefficient (Wildman–Crippen LogP) is 1.60. The summed E-state index contributed by atoms with van der Waals surface area (Å²) in [5.41, 5.74) is 0.866. The number of nitrogens with zero attached hydrogens (tertiary/aromatic N) is 2. The van der Waals surface area contributed by atoms with Gasteiger partial charge in [-0.2, -0.15) is 0 Å². The number of carbonyl (C=O) groups excluding carboxylic acids is 2. The summed E-state index contributed by atoms with van der Waals surface area (Å²) in [6, 6.07) is 6.47. The zero-order valence-electron chi connectivity index (χ0n) is 13.5. The average Bonchev–Trinajstić information content (AvgIpc) is 2.96. The first kappa shape index (κ1) is 17.8. The molecule has 0 aliphatic carbocycles. The molecule has 1 aromatic carbocycles. The smallest absolute Gasteiger partial charge is 0.315 e. The number of urea groups is 1. The lowest BCUT2D eigenvalue weighted by Gasteiger charge is -2.19. The van der Waals surface area contributed by atoms with Crippen LogP contribution in [-0.2, 0) is 11.8 Å². The van der Waals surface area contributed by atoms with E-state index in [0.29, 0.717) is 23.9 Å². The minimum absolute atomic E-state index is 0.135. The van der Waals surface area contributed by atoms with Gasteiger partial charge in [0.15, 0.2) is 0 Å². The normalized spacial score (nSPS) is 11.6. The van der Waals surface area contributed by atoms with E-state index >= 15 is 0 Å². The first-order valence-corrected chi connectivity index (χ1v) is 7.86. The van der Waals surface area contributed by atoms with Crippen molar-refractivity contribution in [2.45, 2.75) is 13.0 Å². The molecular weight excluding hydrogens is 330 g/mol. The monoisotopic (exact) mass is 349 g/mol. The Bertz CT molecular complexity index is 699. The first-order chi connectivity index (χ1) is 11.5. The van der Waals surface area contributed by atoms with Crippen LogP contribution in [0.2, 0.25) is 5.02 Å². The van der Waals surface area contributed by atoms with E-state index in [4.69, 9.17) is 11.6 Å². The molecule has 0 aliphatic rings. The molecule has 1 heterocycles. The molecule has 0 aliphatic heterocycles. The van der Waals surface area contributed by atoms with Gasteiger partial charge in [0.05, 0.1) is 0 Å². The largest absolute Gasteiger partial charge is 0.355 e. The molecule has 0 saturated heterocycles. The molecule has 0 radical (unpaired) electrons. The number of imidazole rings is 1. The topological polar surface area (TPSA) is 88.1 Å². The summed E-state index contributed by atoms with van der Waals surface area (Å²) in [7, 11) is 1.86. The molecule has 0 saturated carbocycles. The van der Waals surface area contributed by atoms with Crippen molar-refractivity contribution in [3.05, 3.63) is 53.1 Å². The van der Waals surface area contributed by atoms with Crippen LogP contribution in [0, 0.1) is 0 Å². The Hall–Kier alpha value is -2.54. The number of aryl methyl sites for hydroxylation is 1. The minimum Gasteiger partial charge on any atom is -0.355 e. The number of aromatic nitrogens is 2. The van der Waals surface area contributed by atoms with Crippen molar-refractivity contribution in [1.29, 1.82) is 0 Å². The summed E-state index contributed by atoms with van der Waals surface area (Å²) < 4.78 is 1.84. The fraction of sp³-hybridized carbons (Fsp3) is 0.312. The van der Waals surface area contributed by atoms with Crippen molar-refractivity contribution < 1.29 is 9.59 Å². The highest BCUT2D eigenvalue weighted by atomic mass is 35.5. The van der Waals surface area contributed by atoms with Crippen molar-refractivity contribution in [2.75, 3.05) is 13.1 Å². The molecule has 24 heavy (non-hydrogen) atoms. The molecule has 0 bridgehead atoms. The van der Waals surface area contributed by atoms with E-state index in [2.05, 4.69) is 20.9 Å². The van der Waals surface area contributed by atoms with Crippen LogP contribution < -0.4 is 16.0 Å². The van der Waals surface area contributed by atoms with Gasteiger partial charge in [-0.25, -0.2) is 9.78 Å². The predicted molar refractivity (Wildman–Crippen MR) is 91.7 cm³/mol. The molecule has 0 fully saturated rings. The third kappa shape index (κ3) is 4.99. The summed E-state index contributed by atoms with van der Waals surface area (Å²) in [4.78, 5) is 27.3. The second kappa shape index (κ2) is 8.35. The lowest BCUT2D eigenvalue weighted by molar-refractivity contribution is -0.118. The number of hydrogen-bond donors (Lipinski definition) is 3. The molecule has 0 spiro atoms. The molecular formula is C16H20ClN5O2. The quantitative estimate of drug-likeness (QED) is 0.692. The molecule has 1 aromatic heterocycles. The Balaban J connectivity index is 2.07. The number of benzene rings is 1. The fourth-order valence-electron chi connectivity index (χ4n) is 2.20. The Kier molecular flexibility index (Phi) is 6.20. The van der Waals surface area contributed by atoms with Gasteiger partial charge in [-0.15, -0.1) is 0 Å². The zero-order chi connectivity index (χ0) is 17.5. The van der Waals surface area contributed by atoms with E-state index in [0.717, 1.165) is 5.56 Å². The molecule has 2 aromatic rings. The molecule has 3 N–H and O–H groups in total. The Morgan fingerprint density at radius 2 is 1.88 bits per heavy atom. The highest BCUT2D eigenvalue weighted by Crippen LogP contribution is 2.22. The van der Waals surface area contributed by atoms with E-state index in [1.165, 1.54) is 6.92 Å². The number of carbonyl (C=O) groups is 2. The molecule has 128 valence electrons. The van der Waals surface area contributed by atoms with E-state index in [-0.39, 0.29) is 11.9 Å². The number of hydrogen-bond acceptors (Lipinski definition) is 3. The summed E-state index contributed by atoms with van der Waals surface area (Å²) in [6.07, 6.45) is 3.49.